The summed E-state index contributed by atoms with van der Waals surface area (Å²) >= 11 is 12.1. The van der Waals surface area contributed by atoms with Gasteiger partial charge in [-0.2, -0.15) is 5.10 Å². The number of halogens is 2. The Balaban J connectivity index is 1.82. The zero-order valence-electron chi connectivity index (χ0n) is 15.4. The highest BCUT2D eigenvalue weighted by Gasteiger charge is 2.27. The van der Waals surface area contributed by atoms with Crippen molar-refractivity contribution in [3.05, 3.63) is 88.5 Å². The first-order valence-corrected chi connectivity index (χ1v) is 10.8. The van der Waals surface area contributed by atoms with Crippen molar-refractivity contribution in [2.75, 3.05) is 10.8 Å². The van der Waals surface area contributed by atoms with Crippen LogP contribution in [0.5, 0.6) is 0 Å². The molecule has 30 heavy (non-hydrogen) atoms. The molecule has 0 atom stereocenters. The van der Waals surface area contributed by atoms with E-state index < -0.39 is 22.5 Å². The number of hydrogen-bond acceptors (Lipinski definition) is 5. The summed E-state index contributed by atoms with van der Waals surface area (Å²) in [7, 11) is -4.02. The van der Waals surface area contributed by atoms with Crippen LogP contribution in [0, 0.1) is 0 Å². The van der Waals surface area contributed by atoms with Crippen LogP contribution in [-0.2, 0) is 14.8 Å². The molecule has 0 fully saturated rings. The third-order valence-electron chi connectivity index (χ3n) is 3.91. The fourth-order valence-corrected chi connectivity index (χ4v) is 4.37. The van der Waals surface area contributed by atoms with Crippen LogP contribution in [0.2, 0.25) is 10.0 Å². The van der Waals surface area contributed by atoms with Crippen molar-refractivity contribution in [3.63, 3.8) is 0 Å². The minimum Gasteiger partial charge on any atom is -0.271 e. The number of benzene rings is 2. The predicted octanol–water partition coefficient (Wildman–Crippen LogP) is 3.73. The lowest BCUT2D eigenvalue weighted by Gasteiger charge is -2.22. The molecule has 1 aromatic heterocycles. The van der Waals surface area contributed by atoms with Crippen LogP contribution in [0.4, 0.5) is 5.82 Å². The molecule has 3 aromatic rings. The third-order valence-corrected chi connectivity index (χ3v) is 6.33. The lowest BCUT2D eigenvalue weighted by atomic mass is 10.2. The quantitative estimate of drug-likeness (QED) is 0.427. The summed E-state index contributed by atoms with van der Waals surface area (Å²) in [5, 5.41) is 4.56. The third kappa shape index (κ3) is 5.15. The average molecular weight is 463 g/mol. The van der Waals surface area contributed by atoms with E-state index in [4.69, 9.17) is 23.2 Å². The first-order chi connectivity index (χ1) is 14.4. The van der Waals surface area contributed by atoms with E-state index in [0.29, 0.717) is 15.6 Å². The molecule has 0 aliphatic rings. The van der Waals surface area contributed by atoms with Gasteiger partial charge in [0.1, 0.15) is 12.4 Å². The van der Waals surface area contributed by atoms with Crippen molar-refractivity contribution < 1.29 is 13.2 Å². The molecule has 10 heteroatoms. The number of hydrogen-bond donors (Lipinski definition) is 1. The van der Waals surface area contributed by atoms with E-state index in [9.17, 15) is 13.2 Å². The average Bonchev–Trinajstić information content (AvgIpc) is 2.75. The number of carbonyl (C=O) groups excluding carboxylic acids is 1. The first-order valence-electron chi connectivity index (χ1n) is 8.64. The van der Waals surface area contributed by atoms with Crippen LogP contribution in [0.15, 0.2) is 82.9 Å². The minimum atomic E-state index is -4.02. The normalized spacial score (nSPS) is 11.4. The van der Waals surface area contributed by atoms with Gasteiger partial charge in [0.2, 0.25) is 0 Å². The van der Waals surface area contributed by atoms with E-state index in [2.05, 4.69) is 15.5 Å². The summed E-state index contributed by atoms with van der Waals surface area (Å²) in [6.45, 7) is -0.526. The predicted molar refractivity (Wildman–Crippen MR) is 117 cm³/mol. The second kappa shape index (κ2) is 9.71. The molecule has 0 saturated heterocycles. The van der Waals surface area contributed by atoms with Crippen molar-refractivity contribution in [1.29, 1.82) is 0 Å². The summed E-state index contributed by atoms with van der Waals surface area (Å²) in [5.74, 6) is -0.561. The fourth-order valence-electron chi connectivity index (χ4n) is 2.48. The van der Waals surface area contributed by atoms with Crippen LogP contribution in [0.25, 0.3) is 0 Å². The maximum absolute atomic E-state index is 13.1. The van der Waals surface area contributed by atoms with Crippen molar-refractivity contribution >= 4 is 51.2 Å². The Kier molecular flexibility index (Phi) is 7.04. The van der Waals surface area contributed by atoms with Gasteiger partial charge in [-0.05, 0) is 36.4 Å². The molecule has 154 valence electrons. The number of pyridine rings is 1. The van der Waals surface area contributed by atoms with Gasteiger partial charge in [0.15, 0.2) is 0 Å². The smallest absolute Gasteiger partial charge is 0.265 e. The van der Waals surface area contributed by atoms with E-state index in [0.717, 1.165) is 4.31 Å². The Morgan fingerprint density at radius 3 is 2.30 bits per heavy atom. The summed E-state index contributed by atoms with van der Waals surface area (Å²) < 4.78 is 27.1. The van der Waals surface area contributed by atoms with Crippen LogP contribution < -0.4 is 9.73 Å². The number of hydrazone groups is 1. The maximum Gasteiger partial charge on any atom is 0.265 e. The van der Waals surface area contributed by atoms with Gasteiger partial charge in [-0.15, -0.1) is 0 Å². The molecule has 2 aromatic carbocycles. The first kappa shape index (κ1) is 21.8. The Labute approximate surface area is 184 Å². The molecule has 0 bridgehead atoms. The Morgan fingerprint density at radius 2 is 1.67 bits per heavy atom. The Bertz CT molecular complexity index is 1140. The number of amides is 1. The zero-order valence-corrected chi connectivity index (χ0v) is 17.8. The Morgan fingerprint density at radius 1 is 1.00 bits per heavy atom. The van der Waals surface area contributed by atoms with E-state index >= 15 is 0 Å². The van der Waals surface area contributed by atoms with Gasteiger partial charge in [-0.1, -0.05) is 53.5 Å². The number of nitrogens with zero attached hydrogens (tertiary/aromatic N) is 3. The molecule has 0 aliphatic heterocycles. The molecule has 0 radical (unpaired) electrons. The summed E-state index contributed by atoms with van der Waals surface area (Å²) in [6, 6.07) is 17.5. The largest absolute Gasteiger partial charge is 0.271 e. The molecular formula is C20H16Cl2N4O3S. The van der Waals surface area contributed by atoms with Crippen molar-refractivity contribution in [2.24, 2.45) is 5.10 Å². The highest BCUT2D eigenvalue weighted by molar-refractivity contribution is 7.92. The molecule has 1 N–H and O–H groups in total. The van der Waals surface area contributed by atoms with Gasteiger partial charge in [0, 0.05) is 11.8 Å². The number of nitrogens with one attached hydrogen (secondary N) is 1. The molecule has 1 amide bonds. The molecule has 3 rings (SSSR count). The molecule has 1 heterocycles. The lowest BCUT2D eigenvalue weighted by Crippen LogP contribution is -2.40. The fraction of sp³-hybridized carbons (Fsp3) is 0.0500. The van der Waals surface area contributed by atoms with Crippen molar-refractivity contribution in [2.45, 2.75) is 4.90 Å². The molecule has 0 saturated carbocycles. The molecular weight excluding hydrogens is 447 g/mol. The standard InChI is InChI=1S/C20H16Cl2N4O3S/c21-17-9-6-10-18(22)16(17)13-24-25-20(27)14-26(19-11-4-5-12-23-19)30(28,29)15-7-2-1-3-8-15/h1-13H,14H2,(H,25,27)/b24-13-. The zero-order chi connectivity index (χ0) is 21.6. The number of aromatic nitrogens is 1. The van der Waals surface area contributed by atoms with Crippen molar-refractivity contribution in [3.8, 4) is 0 Å². The van der Waals surface area contributed by atoms with Crippen LogP contribution in [-0.4, -0.2) is 32.1 Å². The van der Waals surface area contributed by atoms with Gasteiger partial charge in [0.05, 0.1) is 21.2 Å². The highest BCUT2D eigenvalue weighted by atomic mass is 35.5. The molecule has 0 unspecified atom stereocenters. The van der Waals surface area contributed by atoms with Gasteiger partial charge in [-0.25, -0.2) is 23.1 Å². The summed E-state index contributed by atoms with van der Waals surface area (Å²) in [4.78, 5) is 16.5. The van der Waals surface area contributed by atoms with Crippen molar-refractivity contribution in [1.82, 2.24) is 10.4 Å². The van der Waals surface area contributed by atoms with Crippen LogP contribution in [0.3, 0.4) is 0 Å². The second-order valence-electron chi connectivity index (χ2n) is 5.94. The highest BCUT2D eigenvalue weighted by Crippen LogP contribution is 2.22. The van der Waals surface area contributed by atoms with E-state index in [1.54, 1.807) is 48.5 Å². The van der Waals surface area contributed by atoms with Gasteiger partial charge in [-0.3, -0.25) is 4.79 Å². The number of carbonyl (C=O) groups is 1. The van der Waals surface area contributed by atoms with E-state index in [1.165, 1.54) is 30.6 Å². The molecule has 7 nitrogen and oxygen atoms in total. The lowest BCUT2D eigenvalue weighted by molar-refractivity contribution is -0.119. The summed E-state index contributed by atoms with van der Waals surface area (Å²) in [5.41, 5.74) is 2.72. The van der Waals surface area contributed by atoms with Gasteiger partial charge in [0.25, 0.3) is 15.9 Å². The van der Waals surface area contributed by atoms with Gasteiger partial charge < -0.3 is 0 Å². The number of anilines is 1. The van der Waals surface area contributed by atoms with Gasteiger partial charge >= 0.3 is 0 Å². The monoisotopic (exact) mass is 462 g/mol. The summed E-state index contributed by atoms with van der Waals surface area (Å²) in [6.07, 6.45) is 2.73. The maximum atomic E-state index is 13.1. The SMILES string of the molecule is O=C(CN(c1ccccn1)S(=O)(=O)c1ccccc1)N/N=C\c1c(Cl)cccc1Cl. The van der Waals surface area contributed by atoms with E-state index in [-0.39, 0.29) is 10.7 Å². The van der Waals surface area contributed by atoms with Crippen LogP contribution >= 0.6 is 23.2 Å². The number of rotatable bonds is 7. The second-order valence-corrected chi connectivity index (χ2v) is 8.62. The van der Waals surface area contributed by atoms with Crippen LogP contribution in [0.1, 0.15) is 5.56 Å². The minimum absolute atomic E-state index is 0.0369. The topological polar surface area (TPSA) is 91.7 Å². The number of sulfonamides is 1. The molecule has 0 aliphatic carbocycles. The Hall–Kier alpha value is -2.94. The van der Waals surface area contributed by atoms with E-state index in [1.807, 2.05) is 0 Å². The molecule has 0 spiro atoms.